The summed E-state index contributed by atoms with van der Waals surface area (Å²) >= 11 is 0. The van der Waals surface area contributed by atoms with Crippen LogP contribution in [-0.4, -0.2) is 32.7 Å². The summed E-state index contributed by atoms with van der Waals surface area (Å²) < 4.78 is 5.39. The Kier molecular flexibility index (Phi) is 5.12. The molecule has 0 heterocycles. The number of carboxylic acids is 1. The van der Waals surface area contributed by atoms with Crippen LogP contribution in [0.4, 0.5) is 0 Å². The number of carbonyl (C=O) groups is 2. The zero-order chi connectivity index (χ0) is 18.6. The lowest BCUT2D eigenvalue weighted by Crippen LogP contribution is -2.37. The molecule has 0 aromatic heterocycles. The summed E-state index contributed by atoms with van der Waals surface area (Å²) in [5.74, 6) is -1.51. The second-order valence-electron chi connectivity index (χ2n) is 5.89. The topological polar surface area (TPSA) is 104 Å². The SMILES string of the molecule is CC(C)(Oc1ccc(C=CC(=O)c2ccc(O)cc2O)cc1)C(=O)O. The van der Waals surface area contributed by atoms with Crippen molar-refractivity contribution in [2.24, 2.45) is 0 Å². The molecule has 130 valence electrons. The highest BCUT2D eigenvalue weighted by atomic mass is 16.5. The summed E-state index contributed by atoms with van der Waals surface area (Å²) in [5.41, 5.74) is -0.562. The van der Waals surface area contributed by atoms with Crippen molar-refractivity contribution in [3.8, 4) is 17.2 Å². The van der Waals surface area contributed by atoms with E-state index in [1.165, 1.54) is 32.1 Å². The smallest absolute Gasteiger partial charge is 0.347 e. The minimum Gasteiger partial charge on any atom is -0.508 e. The fourth-order valence-corrected chi connectivity index (χ4v) is 1.98. The second-order valence-corrected chi connectivity index (χ2v) is 5.89. The van der Waals surface area contributed by atoms with Gasteiger partial charge in [0.15, 0.2) is 11.4 Å². The van der Waals surface area contributed by atoms with E-state index in [-0.39, 0.29) is 17.1 Å². The van der Waals surface area contributed by atoms with Gasteiger partial charge < -0.3 is 20.1 Å². The molecule has 0 aliphatic heterocycles. The Balaban J connectivity index is 2.09. The first-order valence-corrected chi connectivity index (χ1v) is 7.46. The Labute approximate surface area is 144 Å². The van der Waals surface area contributed by atoms with Crippen molar-refractivity contribution in [2.45, 2.75) is 19.4 Å². The van der Waals surface area contributed by atoms with Crippen LogP contribution in [-0.2, 0) is 4.79 Å². The molecule has 3 N–H and O–H groups in total. The van der Waals surface area contributed by atoms with E-state index in [4.69, 9.17) is 9.84 Å². The number of aliphatic carboxylic acids is 1. The quantitative estimate of drug-likeness (QED) is 0.550. The summed E-state index contributed by atoms with van der Waals surface area (Å²) in [6.45, 7) is 2.90. The maximum Gasteiger partial charge on any atom is 0.347 e. The highest BCUT2D eigenvalue weighted by Crippen LogP contribution is 2.24. The van der Waals surface area contributed by atoms with Crippen LogP contribution in [0, 0.1) is 0 Å². The van der Waals surface area contributed by atoms with E-state index < -0.39 is 17.4 Å². The third-order valence-corrected chi connectivity index (χ3v) is 3.44. The monoisotopic (exact) mass is 342 g/mol. The highest BCUT2D eigenvalue weighted by molar-refractivity contribution is 6.08. The summed E-state index contributed by atoms with van der Waals surface area (Å²) in [4.78, 5) is 23.1. The zero-order valence-corrected chi connectivity index (χ0v) is 13.8. The van der Waals surface area contributed by atoms with Gasteiger partial charge in [0.2, 0.25) is 0 Å². The van der Waals surface area contributed by atoms with Gasteiger partial charge in [0.25, 0.3) is 0 Å². The first kappa shape index (κ1) is 18.1. The second kappa shape index (κ2) is 7.09. The number of phenols is 2. The molecule has 0 fully saturated rings. The van der Waals surface area contributed by atoms with Crippen LogP contribution in [0.1, 0.15) is 29.8 Å². The molecule has 0 spiro atoms. The molecule has 6 nitrogen and oxygen atoms in total. The lowest BCUT2D eigenvalue weighted by molar-refractivity contribution is -0.152. The number of rotatable bonds is 6. The van der Waals surface area contributed by atoms with Crippen LogP contribution in [0.25, 0.3) is 6.08 Å². The maximum absolute atomic E-state index is 12.1. The summed E-state index contributed by atoms with van der Waals surface area (Å²) in [7, 11) is 0. The Hall–Kier alpha value is -3.28. The summed E-state index contributed by atoms with van der Waals surface area (Å²) in [5, 5.41) is 27.9. The number of allylic oxidation sites excluding steroid dienone is 1. The number of ether oxygens (including phenoxy) is 1. The Morgan fingerprint density at radius 2 is 1.68 bits per heavy atom. The first-order valence-electron chi connectivity index (χ1n) is 7.46. The number of carboxylic acid groups (broad SMARTS) is 1. The Morgan fingerprint density at radius 1 is 1.04 bits per heavy atom. The van der Waals surface area contributed by atoms with E-state index in [9.17, 15) is 19.8 Å². The van der Waals surface area contributed by atoms with E-state index >= 15 is 0 Å². The van der Waals surface area contributed by atoms with Gasteiger partial charge in [0.05, 0.1) is 5.56 Å². The van der Waals surface area contributed by atoms with E-state index in [1.54, 1.807) is 30.3 Å². The van der Waals surface area contributed by atoms with Gasteiger partial charge in [-0.3, -0.25) is 4.79 Å². The van der Waals surface area contributed by atoms with Gasteiger partial charge in [-0.25, -0.2) is 4.79 Å². The molecule has 0 radical (unpaired) electrons. The van der Waals surface area contributed by atoms with Crippen LogP contribution in [0.15, 0.2) is 48.5 Å². The molecule has 25 heavy (non-hydrogen) atoms. The molecule has 0 aliphatic carbocycles. The summed E-state index contributed by atoms with van der Waals surface area (Å²) in [6.07, 6.45) is 2.85. The number of benzene rings is 2. The molecule has 2 aromatic carbocycles. The lowest BCUT2D eigenvalue weighted by Gasteiger charge is -2.21. The predicted molar refractivity (Wildman–Crippen MR) is 91.9 cm³/mol. The van der Waals surface area contributed by atoms with Crippen LogP contribution in [0.5, 0.6) is 17.2 Å². The number of aromatic hydroxyl groups is 2. The van der Waals surface area contributed by atoms with Crippen LogP contribution in [0.2, 0.25) is 0 Å². The average molecular weight is 342 g/mol. The molecule has 0 unspecified atom stereocenters. The fourth-order valence-electron chi connectivity index (χ4n) is 1.98. The van der Waals surface area contributed by atoms with Gasteiger partial charge in [-0.15, -0.1) is 0 Å². The van der Waals surface area contributed by atoms with Gasteiger partial charge in [0.1, 0.15) is 17.2 Å². The molecular weight excluding hydrogens is 324 g/mol. The normalized spacial score (nSPS) is 11.4. The molecular formula is C19H18O6. The van der Waals surface area contributed by atoms with Gasteiger partial charge in [-0.2, -0.15) is 0 Å². The van der Waals surface area contributed by atoms with Crippen molar-refractivity contribution in [3.05, 3.63) is 59.7 Å². The number of hydrogen-bond donors (Lipinski definition) is 3. The molecule has 0 saturated carbocycles. The largest absolute Gasteiger partial charge is 0.508 e. The van der Waals surface area contributed by atoms with E-state index in [0.29, 0.717) is 11.3 Å². The number of carbonyl (C=O) groups excluding carboxylic acids is 1. The minimum atomic E-state index is -1.34. The highest BCUT2D eigenvalue weighted by Gasteiger charge is 2.29. The fraction of sp³-hybridized carbons (Fsp3) is 0.158. The Bertz CT molecular complexity index is 818. The standard InChI is InChI=1S/C19H18O6/c1-19(2,18(23)24)25-14-7-3-12(4-8-14)5-10-16(21)15-9-6-13(20)11-17(15)22/h3-11,20,22H,1-2H3,(H,23,24). The molecule has 0 saturated heterocycles. The minimum absolute atomic E-state index is 0.0808. The lowest BCUT2D eigenvalue weighted by atomic mass is 10.1. The van der Waals surface area contributed by atoms with Crippen molar-refractivity contribution < 1.29 is 29.6 Å². The third kappa shape index (κ3) is 4.60. The molecule has 0 amide bonds. The summed E-state index contributed by atoms with van der Waals surface area (Å²) in [6, 6.07) is 10.3. The van der Waals surface area contributed by atoms with Crippen LogP contribution < -0.4 is 4.74 Å². The maximum atomic E-state index is 12.1. The van der Waals surface area contributed by atoms with Crippen LogP contribution in [0.3, 0.4) is 0 Å². The van der Waals surface area contributed by atoms with Gasteiger partial charge in [-0.05, 0) is 49.8 Å². The molecule has 0 atom stereocenters. The van der Waals surface area contributed by atoms with E-state index in [0.717, 1.165) is 6.07 Å². The number of ketones is 1. The predicted octanol–water partition coefficient (Wildman–Crippen LogP) is 3.24. The number of phenolic OH excluding ortho intramolecular Hbond substituents is 2. The number of hydrogen-bond acceptors (Lipinski definition) is 5. The van der Waals surface area contributed by atoms with E-state index in [2.05, 4.69) is 0 Å². The average Bonchev–Trinajstić information content (AvgIpc) is 2.53. The van der Waals surface area contributed by atoms with Crippen molar-refractivity contribution in [3.63, 3.8) is 0 Å². The molecule has 2 rings (SSSR count). The first-order chi connectivity index (χ1) is 11.7. The van der Waals surface area contributed by atoms with Crippen molar-refractivity contribution >= 4 is 17.8 Å². The van der Waals surface area contributed by atoms with E-state index in [1.807, 2.05) is 0 Å². The van der Waals surface area contributed by atoms with Crippen LogP contribution >= 0.6 is 0 Å². The Morgan fingerprint density at radius 3 is 2.24 bits per heavy atom. The molecule has 6 heteroatoms. The van der Waals surface area contributed by atoms with Crippen molar-refractivity contribution in [1.29, 1.82) is 0 Å². The van der Waals surface area contributed by atoms with Gasteiger partial charge >= 0.3 is 5.97 Å². The zero-order valence-electron chi connectivity index (χ0n) is 13.8. The molecule has 0 aliphatic rings. The molecule has 0 bridgehead atoms. The molecule has 2 aromatic rings. The van der Waals surface area contributed by atoms with Gasteiger partial charge in [-0.1, -0.05) is 18.2 Å². The van der Waals surface area contributed by atoms with Crippen molar-refractivity contribution in [1.82, 2.24) is 0 Å². The third-order valence-electron chi connectivity index (χ3n) is 3.44. The van der Waals surface area contributed by atoms with Crippen molar-refractivity contribution in [2.75, 3.05) is 0 Å². The van der Waals surface area contributed by atoms with Gasteiger partial charge in [0, 0.05) is 6.07 Å².